The number of alkyl halides is 3. The minimum atomic E-state index is -5.08. The normalized spacial score (nSPS) is 12.0. The molecule has 4 aromatic rings. The number of thiazole rings is 1. The Balaban J connectivity index is 0.000000587. The van der Waals surface area contributed by atoms with Crippen LogP contribution in [0, 0.1) is 0 Å². The summed E-state index contributed by atoms with van der Waals surface area (Å²) in [6.07, 6.45) is -3.15. The lowest BCUT2D eigenvalue weighted by molar-refractivity contribution is -0.192. The lowest BCUT2D eigenvalue weighted by atomic mass is 10.2. The number of thiophene rings is 1. The zero-order valence-corrected chi connectivity index (χ0v) is 25.1. The Labute approximate surface area is 244 Å². The molecule has 0 atom stereocenters. The molecule has 0 bridgehead atoms. The number of nitrogens with one attached hydrogen (secondary N) is 1. The highest BCUT2D eigenvalue weighted by molar-refractivity contribution is 7.94. The van der Waals surface area contributed by atoms with Crippen LogP contribution in [0.3, 0.4) is 0 Å². The van der Waals surface area contributed by atoms with E-state index < -0.39 is 22.2 Å². The van der Waals surface area contributed by atoms with Crippen LogP contribution in [-0.4, -0.2) is 73.4 Å². The maximum absolute atomic E-state index is 13.5. The molecular formula is C26H31F3N4O5S3. The van der Waals surface area contributed by atoms with E-state index in [0.717, 1.165) is 41.2 Å². The van der Waals surface area contributed by atoms with Gasteiger partial charge in [0.25, 0.3) is 10.0 Å². The number of aliphatic carboxylic acids is 1. The molecule has 0 amide bonds. The Morgan fingerprint density at radius 2 is 1.85 bits per heavy atom. The van der Waals surface area contributed by atoms with Gasteiger partial charge in [-0.1, -0.05) is 32.0 Å². The van der Waals surface area contributed by atoms with Gasteiger partial charge in [0.2, 0.25) is 0 Å². The number of hydrogen-bond acceptors (Lipinski definition) is 8. The van der Waals surface area contributed by atoms with E-state index in [1.165, 1.54) is 20.5 Å². The fraction of sp³-hybridized carbons (Fsp3) is 0.385. The molecule has 224 valence electrons. The predicted octanol–water partition coefficient (Wildman–Crippen LogP) is 6.06. The molecule has 1 aromatic carbocycles. The zero-order valence-electron chi connectivity index (χ0n) is 22.6. The van der Waals surface area contributed by atoms with Gasteiger partial charge in [-0.15, -0.1) is 22.7 Å². The Morgan fingerprint density at radius 3 is 2.44 bits per heavy atom. The molecule has 0 fully saturated rings. The number of carboxylic acid groups (broad SMARTS) is 1. The number of hydrogen-bond donors (Lipinski definition) is 2. The first-order valence-electron chi connectivity index (χ1n) is 12.7. The minimum Gasteiger partial charge on any atom is -0.475 e. The second-order valence-electron chi connectivity index (χ2n) is 8.53. The maximum Gasteiger partial charge on any atom is 0.490 e. The standard InChI is InChI=1S/C24H30N4O3S3.C2HF3O2/c1-4-27(5-2)17-19-16-25-24(33-19)20-15-18-9-7-10-21(23(18)26-20)28(12-13-31-6-3)34(29,30)22-11-8-14-32-22;3-2(4,5)1(6)7/h7-11,14-16,26H,4-6,12-13,17H2,1-3H3;(H,6,7). The molecule has 0 spiro atoms. The maximum atomic E-state index is 13.5. The molecule has 3 heterocycles. The highest BCUT2D eigenvalue weighted by Crippen LogP contribution is 2.35. The van der Waals surface area contributed by atoms with E-state index in [1.54, 1.807) is 28.8 Å². The highest BCUT2D eigenvalue weighted by atomic mass is 32.2. The number of benzene rings is 1. The van der Waals surface area contributed by atoms with Crippen molar-refractivity contribution in [3.8, 4) is 10.7 Å². The lowest BCUT2D eigenvalue weighted by Gasteiger charge is -2.24. The Morgan fingerprint density at radius 1 is 1.15 bits per heavy atom. The summed E-state index contributed by atoms with van der Waals surface area (Å²) in [4.78, 5) is 20.5. The van der Waals surface area contributed by atoms with Gasteiger partial charge >= 0.3 is 12.1 Å². The van der Waals surface area contributed by atoms with Crippen LogP contribution in [0.25, 0.3) is 21.6 Å². The third kappa shape index (κ3) is 8.29. The first kappa shape index (κ1) is 32.5. The molecule has 4 rings (SSSR count). The second-order valence-corrected chi connectivity index (χ2v) is 12.7. The number of fused-ring (bicyclic) bond motifs is 1. The van der Waals surface area contributed by atoms with E-state index >= 15 is 0 Å². The van der Waals surface area contributed by atoms with E-state index in [-0.39, 0.29) is 6.54 Å². The summed E-state index contributed by atoms with van der Waals surface area (Å²) in [5.74, 6) is -2.76. The quantitative estimate of drug-likeness (QED) is 0.183. The van der Waals surface area contributed by atoms with Crippen LogP contribution in [0.2, 0.25) is 0 Å². The van der Waals surface area contributed by atoms with Crippen molar-refractivity contribution < 1.29 is 36.2 Å². The predicted molar refractivity (Wildman–Crippen MR) is 155 cm³/mol. The molecule has 0 saturated heterocycles. The van der Waals surface area contributed by atoms with E-state index in [1.807, 2.05) is 37.4 Å². The Kier molecular flexibility index (Phi) is 11.3. The molecule has 3 aromatic heterocycles. The first-order valence-corrected chi connectivity index (χ1v) is 15.8. The van der Waals surface area contributed by atoms with Crippen LogP contribution in [-0.2, 0) is 26.1 Å². The van der Waals surface area contributed by atoms with E-state index in [2.05, 4.69) is 28.7 Å². The summed E-state index contributed by atoms with van der Waals surface area (Å²) in [5, 5.41) is 10.7. The lowest BCUT2D eigenvalue weighted by Crippen LogP contribution is -2.34. The summed E-state index contributed by atoms with van der Waals surface area (Å²) in [6.45, 7) is 10.2. The van der Waals surface area contributed by atoms with Gasteiger partial charge in [-0.05, 0) is 43.6 Å². The van der Waals surface area contributed by atoms with Crippen LogP contribution in [0.4, 0.5) is 18.9 Å². The average molecular weight is 633 g/mol. The van der Waals surface area contributed by atoms with E-state index in [4.69, 9.17) is 14.6 Å². The number of aromatic amines is 1. The monoisotopic (exact) mass is 632 g/mol. The summed E-state index contributed by atoms with van der Waals surface area (Å²) < 4.78 is 66.1. The Hall–Kier alpha value is -2.98. The Bertz CT molecular complexity index is 1510. The van der Waals surface area contributed by atoms with Crippen LogP contribution < -0.4 is 4.31 Å². The van der Waals surface area contributed by atoms with Crippen LogP contribution in [0.15, 0.2) is 52.2 Å². The number of ether oxygens (including phenoxy) is 1. The third-order valence-corrected chi connectivity index (χ3v) is 10.1. The van der Waals surface area contributed by atoms with E-state index in [0.29, 0.717) is 23.1 Å². The van der Waals surface area contributed by atoms with Crippen molar-refractivity contribution in [3.05, 3.63) is 52.9 Å². The topological polar surface area (TPSA) is 116 Å². The van der Waals surface area contributed by atoms with Gasteiger partial charge in [0.05, 0.1) is 30.0 Å². The fourth-order valence-electron chi connectivity index (χ4n) is 3.82. The molecule has 0 aliphatic carbocycles. The van der Waals surface area contributed by atoms with Gasteiger partial charge in [-0.3, -0.25) is 9.21 Å². The number of sulfonamides is 1. The zero-order chi connectivity index (χ0) is 30.2. The highest BCUT2D eigenvalue weighted by Gasteiger charge is 2.38. The smallest absolute Gasteiger partial charge is 0.475 e. The number of rotatable bonds is 12. The van der Waals surface area contributed by atoms with Crippen LogP contribution in [0.1, 0.15) is 25.6 Å². The number of anilines is 1. The number of aromatic nitrogens is 2. The number of para-hydroxylation sites is 1. The van der Waals surface area contributed by atoms with Gasteiger partial charge in [-0.2, -0.15) is 13.2 Å². The molecule has 0 radical (unpaired) electrons. The second kappa shape index (κ2) is 14.3. The molecule has 0 aliphatic rings. The van der Waals surface area contributed by atoms with Crippen molar-refractivity contribution in [2.45, 2.75) is 37.7 Å². The van der Waals surface area contributed by atoms with Crippen molar-refractivity contribution in [3.63, 3.8) is 0 Å². The van der Waals surface area contributed by atoms with E-state index in [9.17, 15) is 21.6 Å². The summed E-state index contributed by atoms with van der Waals surface area (Å²) >= 11 is 2.88. The largest absolute Gasteiger partial charge is 0.490 e. The molecule has 0 aliphatic heterocycles. The summed E-state index contributed by atoms with van der Waals surface area (Å²) in [7, 11) is -3.72. The number of halogens is 3. The van der Waals surface area contributed by atoms with Crippen molar-refractivity contribution in [1.82, 2.24) is 14.9 Å². The third-order valence-electron chi connectivity index (χ3n) is 5.89. The molecule has 41 heavy (non-hydrogen) atoms. The summed E-state index contributed by atoms with van der Waals surface area (Å²) in [5.41, 5.74) is 2.27. The summed E-state index contributed by atoms with van der Waals surface area (Å²) in [6, 6.07) is 11.2. The fourth-order valence-corrected chi connectivity index (χ4v) is 7.31. The number of nitrogens with zero attached hydrogens (tertiary/aromatic N) is 3. The van der Waals surface area contributed by atoms with Crippen molar-refractivity contribution in [2.75, 3.05) is 37.2 Å². The van der Waals surface area contributed by atoms with Crippen molar-refractivity contribution >= 4 is 55.3 Å². The van der Waals surface area contributed by atoms with Crippen molar-refractivity contribution in [2.24, 2.45) is 0 Å². The number of H-pyrrole nitrogens is 1. The van der Waals surface area contributed by atoms with Crippen molar-refractivity contribution in [1.29, 1.82) is 0 Å². The molecule has 0 unspecified atom stereocenters. The molecular weight excluding hydrogens is 602 g/mol. The minimum absolute atomic E-state index is 0.229. The number of carboxylic acids is 1. The van der Waals surface area contributed by atoms with Gasteiger partial charge < -0.3 is 14.8 Å². The van der Waals surface area contributed by atoms with Gasteiger partial charge in [-0.25, -0.2) is 18.2 Å². The van der Waals surface area contributed by atoms with Gasteiger partial charge in [0.15, 0.2) is 0 Å². The van der Waals surface area contributed by atoms with Crippen LogP contribution >= 0.6 is 22.7 Å². The number of carbonyl (C=O) groups is 1. The average Bonchev–Trinajstić information content (AvgIpc) is 3.70. The SMILES string of the molecule is CCOCCN(c1cccc2cc(-c3ncc(CN(CC)CC)s3)[nH]c12)S(=O)(=O)c1cccs1.O=C(O)C(F)(F)F. The molecule has 2 N–H and O–H groups in total. The van der Waals surface area contributed by atoms with Crippen LogP contribution in [0.5, 0.6) is 0 Å². The molecule has 0 saturated carbocycles. The molecule has 9 nitrogen and oxygen atoms in total. The van der Waals surface area contributed by atoms with Gasteiger partial charge in [0.1, 0.15) is 9.22 Å². The molecule has 15 heteroatoms. The first-order chi connectivity index (χ1) is 19.4. The van der Waals surface area contributed by atoms with Gasteiger partial charge in [0, 0.05) is 29.6 Å².